The Labute approximate surface area is 165 Å². The number of methoxy groups -OCH3 is 1. The van der Waals surface area contributed by atoms with Crippen molar-refractivity contribution in [1.82, 2.24) is 9.97 Å². The number of hydrogen-bond acceptors (Lipinski definition) is 5. The van der Waals surface area contributed by atoms with Gasteiger partial charge in [-0.3, -0.25) is 0 Å². The second-order valence-corrected chi connectivity index (χ2v) is 7.22. The molecule has 0 spiro atoms. The van der Waals surface area contributed by atoms with E-state index in [1.807, 2.05) is 36.4 Å². The summed E-state index contributed by atoms with van der Waals surface area (Å²) >= 11 is 1.60. The maximum atomic E-state index is 6.08. The summed E-state index contributed by atoms with van der Waals surface area (Å²) in [5.74, 6) is 3.05. The summed E-state index contributed by atoms with van der Waals surface area (Å²) in [4.78, 5) is 9.24. The van der Waals surface area contributed by atoms with Crippen molar-refractivity contribution in [2.45, 2.75) is 38.1 Å². The minimum absolute atomic E-state index is 0.587. The quantitative estimate of drug-likeness (QED) is 0.386. The fraction of sp³-hybridized carbons (Fsp3) is 0.273. The highest BCUT2D eigenvalue weighted by molar-refractivity contribution is 7.98. The third kappa shape index (κ3) is 5.01. The van der Waals surface area contributed by atoms with E-state index in [0.717, 1.165) is 40.1 Å². The molecular formula is C22H24N2O2S. The van der Waals surface area contributed by atoms with Crippen LogP contribution < -0.4 is 9.47 Å². The SMILES string of the molecule is CCc1cc(Oc2cccc(C)c2C)nc(SCc2cccc(OC)c2)n1. The predicted octanol–water partition coefficient (Wildman–Crippen LogP) is 5.75. The number of aromatic nitrogens is 2. The molecule has 0 aliphatic heterocycles. The lowest BCUT2D eigenvalue weighted by atomic mass is 10.1. The molecule has 0 N–H and O–H groups in total. The van der Waals surface area contributed by atoms with E-state index in [-0.39, 0.29) is 0 Å². The maximum Gasteiger partial charge on any atom is 0.223 e. The van der Waals surface area contributed by atoms with Crippen molar-refractivity contribution in [2.75, 3.05) is 7.11 Å². The lowest BCUT2D eigenvalue weighted by Crippen LogP contribution is -1.98. The van der Waals surface area contributed by atoms with Crippen molar-refractivity contribution >= 4 is 11.8 Å². The number of aryl methyl sites for hydroxylation is 2. The zero-order valence-corrected chi connectivity index (χ0v) is 17.0. The van der Waals surface area contributed by atoms with Gasteiger partial charge in [0.05, 0.1) is 7.11 Å². The Hall–Kier alpha value is -2.53. The van der Waals surface area contributed by atoms with Crippen LogP contribution in [0.2, 0.25) is 0 Å². The van der Waals surface area contributed by atoms with E-state index in [9.17, 15) is 0 Å². The molecule has 0 radical (unpaired) electrons. The van der Waals surface area contributed by atoms with E-state index in [2.05, 4.69) is 42.9 Å². The summed E-state index contributed by atoms with van der Waals surface area (Å²) in [5.41, 5.74) is 4.46. The molecule has 4 nitrogen and oxygen atoms in total. The average molecular weight is 381 g/mol. The van der Waals surface area contributed by atoms with Crippen molar-refractivity contribution in [1.29, 1.82) is 0 Å². The Morgan fingerprint density at radius 3 is 2.59 bits per heavy atom. The van der Waals surface area contributed by atoms with Crippen molar-refractivity contribution in [3.63, 3.8) is 0 Å². The van der Waals surface area contributed by atoms with Gasteiger partial charge in [-0.15, -0.1) is 0 Å². The van der Waals surface area contributed by atoms with Crippen LogP contribution in [0.3, 0.4) is 0 Å². The minimum Gasteiger partial charge on any atom is -0.497 e. The molecule has 0 aliphatic rings. The van der Waals surface area contributed by atoms with E-state index in [1.54, 1.807) is 18.9 Å². The monoisotopic (exact) mass is 380 g/mol. The Kier molecular flexibility index (Phi) is 6.35. The van der Waals surface area contributed by atoms with Crippen LogP contribution >= 0.6 is 11.8 Å². The van der Waals surface area contributed by atoms with Gasteiger partial charge < -0.3 is 9.47 Å². The maximum absolute atomic E-state index is 6.08. The molecule has 0 saturated heterocycles. The number of ether oxygens (including phenoxy) is 2. The van der Waals surface area contributed by atoms with E-state index >= 15 is 0 Å². The summed E-state index contributed by atoms with van der Waals surface area (Å²) in [6, 6.07) is 16.0. The summed E-state index contributed by atoms with van der Waals surface area (Å²) in [6.45, 7) is 6.22. The van der Waals surface area contributed by atoms with Gasteiger partial charge >= 0.3 is 0 Å². The summed E-state index contributed by atoms with van der Waals surface area (Å²) in [7, 11) is 1.68. The van der Waals surface area contributed by atoms with Crippen molar-refractivity contribution in [3.8, 4) is 17.4 Å². The highest BCUT2D eigenvalue weighted by Gasteiger charge is 2.09. The fourth-order valence-corrected chi connectivity index (χ4v) is 3.42. The second-order valence-electron chi connectivity index (χ2n) is 6.27. The molecule has 5 heteroatoms. The molecule has 3 aromatic rings. The lowest BCUT2D eigenvalue weighted by molar-refractivity contribution is 0.414. The molecule has 1 aromatic heterocycles. The molecule has 140 valence electrons. The normalized spacial score (nSPS) is 10.7. The summed E-state index contributed by atoms with van der Waals surface area (Å²) in [6.07, 6.45) is 0.832. The van der Waals surface area contributed by atoms with E-state index in [1.165, 1.54) is 11.1 Å². The van der Waals surface area contributed by atoms with Gasteiger partial charge in [0.15, 0.2) is 5.16 Å². The number of thioether (sulfide) groups is 1. The van der Waals surface area contributed by atoms with Gasteiger partial charge in [-0.2, -0.15) is 4.98 Å². The van der Waals surface area contributed by atoms with Crippen molar-refractivity contribution in [2.24, 2.45) is 0 Å². The molecule has 0 aliphatic carbocycles. The van der Waals surface area contributed by atoms with Crippen LogP contribution in [0.5, 0.6) is 17.4 Å². The van der Waals surface area contributed by atoms with Crippen molar-refractivity contribution < 1.29 is 9.47 Å². The third-order valence-corrected chi connectivity index (χ3v) is 5.29. The first kappa shape index (κ1) is 19.2. The van der Waals surface area contributed by atoms with Crippen molar-refractivity contribution in [3.05, 3.63) is 70.9 Å². The molecule has 0 atom stereocenters. The topological polar surface area (TPSA) is 44.2 Å². The molecule has 0 fully saturated rings. The number of rotatable bonds is 7. The van der Waals surface area contributed by atoms with Gasteiger partial charge in [0.1, 0.15) is 11.5 Å². The number of nitrogens with zero attached hydrogens (tertiary/aromatic N) is 2. The van der Waals surface area contributed by atoms with Crippen LogP contribution in [0, 0.1) is 13.8 Å². The standard InChI is InChI=1S/C22H24N2O2S/c1-5-18-13-21(26-20-11-6-8-15(2)16(20)3)24-22(23-18)27-14-17-9-7-10-19(12-17)25-4/h6-13H,5,14H2,1-4H3. The van der Waals surface area contributed by atoms with E-state index in [0.29, 0.717) is 5.88 Å². The average Bonchev–Trinajstić information content (AvgIpc) is 2.70. The summed E-state index contributed by atoms with van der Waals surface area (Å²) in [5, 5.41) is 0.720. The number of benzene rings is 2. The Bertz CT molecular complexity index is 928. The highest BCUT2D eigenvalue weighted by atomic mass is 32.2. The van der Waals surface area contributed by atoms with Gasteiger partial charge in [0.2, 0.25) is 5.88 Å². The van der Waals surface area contributed by atoms with Crippen LogP contribution in [-0.2, 0) is 12.2 Å². The van der Waals surface area contributed by atoms with E-state index < -0.39 is 0 Å². The number of hydrogen-bond donors (Lipinski definition) is 0. The smallest absolute Gasteiger partial charge is 0.223 e. The molecule has 0 saturated carbocycles. The zero-order chi connectivity index (χ0) is 19.2. The van der Waals surface area contributed by atoms with Gasteiger partial charge in [-0.25, -0.2) is 4.98 Å². The van der Waals surface area contributed by atoms with Crippen LogP contribution in [0.25, 0.3) is 0 Å². The predicted molar refractivity (Wildman–Crippen MR) is 110 cm³/mol. The lowest BCUT2D eigenvalue weighted by Gasteiger charge is -2.11. The van der Waals surface area contributed by atoms with E-state index in [4.69, 9.17) is 9.47 Å². The molecule has 2 aromatic carbocycles. The Balaban J connectivity index is 1.79. The van der Waals surface area contributed by atoms with Gasteiger partial charge in [0.25, 0.3) is 0 Å². The fourth-order valence-electron chi connectivity index (χ4n) is 2.60. The molecule has 0 bridgehead atoms. The molecule has 0 unspecified atom stereocenters. The first-order chi connectivity index (χ1) is 13.1. The Morgan fingerprint density at radius 1 is 1.00 bits per heavy atom. The first-order valence-electron chi connectivity index (χ1n) is 8.96. The highest BCUT2D eigenvalue weighted by Crippen LogP contribution is 2.29. The Morgan fingerprint density at radius 2 is 1.81 bits per heavy atom. The van der Waals surface area contributed by atoms with Gasteiger partial charge in [0, 0.05) is 17.5 Å². The summed E-state index contributed by atoms with van der Waals surface area (Å²) < 4.78 is 11.4. The molecule has 1 heterocycles. The van der Waals surface area contributed by atoms with Crippen LogP contribution in [-0.4, -0.2) is 17.1 Å². The molecule has 3 rings (SSSR count). The molecule has 27 heavy (non-hydrogen) atoms. The van der Waals surface area contributed by atoms with Crippen LogP contribution in [0.1, 0.15) is 29.3 Å². The first-order valence-corrected chi connectivity index (χ1v) is 9.95. The third-order valence-electron chi connectivity index (χ3n) is 4.37. The van der Waals surface area contributed by atoms with Crippen LogP contribution in [0.15, 0.2) is 53.7 Å². The molecular weight excluding hydrogens is 356 g/mol. The van der Waals surface area contributed by atoms with Crippen LogP contribution in [0.4, 0.5) is 0 Å². The zero-order valence-electron chi connectivity index (χ0n) is 16.2. The minimum atomic E-state index is 0.587. The van der Waals surface area contributed by atoms with Gasteiger partial charge in [-0.05, 0) is 55.2 Å². The second kappa shape index (κ2) is 8.91. The largest absolute Gasteiger partial charge is 0.497 e. The molecule has 0 amide bonds. The van der Waals surface area contributed by atoms with Gasteiger partial charge in [-0.1, -0.05) is 43.0 Å².